The number of carbonyl (C=O) groups excluding carboxylic acids is 2. The van der Waals surface area contributed by atoms with Crippen molar-refractivity contribution in [2.24, 2.45) is 5.73 Å². The number of nitrogens with one attached hydrogen (secondary N) is 2. The zero-order valence-electron chi connectivity index (χ0n) is 15.4. The standard InChI is InChI=1S/C22H18N4O2S/c23-21(28)18(14-5-2-1-3-6-14)9-15-12-24-22-19(15)10-16(13-25-22)26-20(27)11-17-7-4-8-29-17/h1-10,12-13H,11H2,(H2,23,28)(H,24,25)(H,26,27). The Morgan fingerprint density at radius 3 is 2.72 bits per heavy atom. The number of hydrogen-bond donors (Lipinski definition) is 3. The lowest BCUT2D eigenvalue weighted by Gasteiger charge is -2.05. The Balaban J connectivity index is 1.64. The molecule has 0 radical (unpaired) electrons. The number of pyridine rings is 1. The van der Waals surface area contributed by atoms with E-state index in [9.17, 15) is 9.59 Å². The molecule has 1 aromatic carbocycles. The fraction of sp³-hybridized carbons (Fsp3) is 0.0455. The highest BCUT2D eigenvalue weighted by Crippen LogP contribution is 2.25. The largest absolute Gasteiger partial charge is 0.366 e. The molecule has 4 N–H and O–H groups in total. The summed E-state index contributed by atoms with van der Waals surface area (Å²) in [5.41, 5.74) is 8.75. The van der Waals surface area contributed by atoms with Gasteiger partial charge in [0.2, 0.25) is 11.8 Å². The number of aromatic nitrogens is 2. The Labute approximate surface area is 171 Å². The molecule has 3 aromatic heterocycles. The smallest absolute Gasteiger partial charge is 0.249 e. The Morgan fingerprint density at radius 1 is 1.17 bits per heavy atom. The van der Waals surface area contributed by atoms with E-state index in [2.05, 4.69) is 15.3 Å². The summed E-state index contributed by atoms with van der Waals surface area (Å²) >= 11 is 1.54. The molecule has 0 aliphatic carbocycles. The third-order valence-electron chi connectivity index (χ3n) is 4.41. The average molecular weight is 402 g/mol. The van der Waals surface area contributed by atoms with E-state index in [-0.39, 0.29) is 5.91 Å². The molecule has 0 aliphatic heterocycles. The molecule has 0 saturated carbocycles. The van der Waals surface area contributed by atoms with Crippen LogP contribution in [0, 0.1) is 0 Å². The predicted octanol–water partition coefficient (Wildman–Crippen LogP) is 3.83. The Morgan fingerprint density at radius 2 is 2.00 bits per heavy atom. The number of carbonyl (C=O) groups is 2. The van der Waals surface area contributed by atoms with E-state index in [1.807, 2.05) is 53.9 Å². The maximum atomic E-state index is 12.3. The summed E-state index contributed by atoms with van der Waals surface area (Å²) in [4.78, 5) is 32.7. The van der Waals surface area contributed by atoms with Gasteiger partial charge in [-0.25, -0.2) is 4.98 Å². The topological polar surface area (TPSA) is 101 Å². The van der Waals surface area contributed by atoms with Gasteiger partial charge in [-0.2, -0.15) is 0 Å². The maximum Gasteiger partial charge on any atom is 0.249 e. The number of fused-ring (bicyclic) bond motifs is 1. The van der Waals surface area contributed by atoms with E-state index in [1.54, 1.807) is 29.8 Å². The van der Waals surface area contributed by atoms with Crippen LogP contribution in [0.1, 0.15) is 16.0 Å². The van der Waals surface area contributed by atoms with Gasteiger partial charge in [-0.1, -0.05) is 36.4 Å². The molecule has 7 heteroatoms. The fourth-order valence-electron chi connectivity index (χ4n) is 3.06. The molecule has 4 aromatic rings. The van der Waals surface area contributed by atoms with Gasteiger partial charge in [0.15, 0.2) is 0 Å². The first-order valence-electron chi connectivity index (χ1n) is 8.96. The summed E-state index contributed by atoms with van der Waals surface area (Å²) in [7, 11) is 0. The van der Waals surface area contributed by atoms with Crippen LogP contribution in [0.3, 0.4) is 0 Å². The zero-order valence-corrected chi connectivity index (χ0v) is 16.2. The number of aromatic amines is 1. The number of primary amides is 1. The minimum atomic E-state index is -0.515. The number of anilines is 1. The fourth-order valence-corrected chi connectivity index (χ4v) is 3.76. The van der Waals surface area contributed by atoms with Crippen LogP contribution in [-0.4, -0.2) is 21.8 Å². The van der Waals surface area contributed by atoms with E-state index in [4.69, 9.17) is 5.73 Å². The van der Waals surface area contributed by atoms with Gasteiger partial charge < -0.3 is 16.0 Å². The first-order chi connectivity index (χ1) is 14.1. The van der Waals surface area contributed by atoms with Gasteiger partial charge in [0.25, 0.3) is 0 Å². The summed E-state index contributed by atoms with van der Waals surface area (Å²) in [6.07, 6.45) is 5.41. The van der Waals surface area contributed by atoms with Crippen LogP contribution >= 0.6 is 11.3 Å². The van der Waals surface area contributed by atoms with Crippen LogP contribution in [-0.2, 0) is 16.0 Å². The molecule has 0 spiro atoms. The first-order valence-corrected chi connectivity index (χ1v) is 9.84. The van der Waals surface area contributed by atoms with Gasteiger partial charge in [-0.3, -0.25) is 9.59 Å². The molecular formula is C22H18N4O2S. The highest BCUT2D eigenvalue weighted by atomic mass is 32.1. The number of H-pyrrole nitrogens is 1. The van der Waals surface area contributed by atoms with Crippen molar-refractivity contribution in [3.63, 3.8) is 0 Å². The SMILES string of the molecule is NC(=O)C(=Cc1c[nH]c2ncc(NC(=O)Cc3cccs3)cc12)c1ccccc1. The van der Waals surface area contributed by atoms with Crippen molar-refractivity contribution in [3.05, 3.63) is 82.3 Å². The number of thiophene rings is 1. The molecule has 29 heavy (non-hydrogen) atoms. The average Bonchev–Trinajstić information content (AvgIpc) is 3.36. The number of nitrogens with two attached hydrogens (primary N) is 1. The maximum absolute atomic E-state index is 12.3. The van der Waals surface area contributed by atoms with Crippen molar-refractivity contribution in [2.75, 3.05) is 5.32 Å². The summed E-state index contributed by atoms with van der Waals surface area (Å²) < 4.78 is 0. The summed E-state index contributed by atoms with van der Waals surface area (Å²) in [5.74, 6) is -0.623. The number of nitrogens with zero attached hydrogens (tertiary/aromatic N) is 1. The van der Waals surface area contributed by atoms with Crippen LogP contribution in [0.2, 0.25) is 0 Å². The predicted molar refractivity (Wildman–Crippen MR) is 116 cm³/mol. The lowest BCUT2D eigenvalue weighted by atomic mass is 10.0. The van der Waals surface area contributed by atoms with Crippen molar-refractivity contribution >= 4 is 51.5 Å². The van der Waals surface area contributed by atoms with Crippen LogP contribution in [0.4, 0.5) is 5.69 Å². The molecule has 2 amide bonds. The van der Waals surface area contributed by atoms with Crippen molar-refractivity contribution in [3.8, 4) is 0 Å². The zero-order chi connectivity index (χ0) is 20.2. The van der Waals surface area contributed by atoms with Crippen molar-refractivity contribution < 1.29 is 9.59 Å². The Hall–Kier alpha value is -3.71. The number of rotatable bonds is 6. The van der Waals surface area contributed by atoms with E-state index >= 15 is 0 Å². The second kappa shape index (κ2) is 8.12. The molecule has 0 fully saturated rings. The second-order valence-corrected chi connectivity index (χ2v) is 7.49. The molecular weight excluding hydrogens is 384 g/mol. The van der Waals surface area contributed by atoms with Crippen LogP contribution in [0.15, 0.2) is 66.3 Å². The monoisotopic (exact) mass is 402 g/mol. The number of amides is 2. The molecule has 0 unspecified atom stereocenters. The molecule has 144 valence electrons. The van der Waals surface area contributed by atoms with Gasteiger partial charge in [0, 0.05) is 27.6 Å². The van der Waals surface area contributed by atoms with E-state index < -0.39 is 5.91 Å². The van der Waals surface area contributed by atoms with E-state index in [1.165, 1.54) is 0 Å². The van der Waals surface area contributed by atoms with Gasteiger partial charge in [0.1, 0.15) is 5.65 Å². The Bertz CT molecular complexity index is 1190. The quantitative estimate of drug-likeness (QED) is 0.427. The van der Waals surface area contributed by atoms with Crippen molar-refractivity contribution in [1.82, 2.24) is 9.97 Å². The summed E-state index contributed by atoms with van der Waals surface area (Å²) in [5, 5.41) is 5.60. The first kappa shape index (κ1) is 18.6. The van der Waals surface area contributed by atoms with E-state index in [0.29, 0.717) is 23.3 Å². The molecule has 0 bridgehead atoms. The van der Waals surface area contributed by atoms with Crippen molar-refractivity contribution in [2.45, 2.75) is 6.42 Å². The third kappa shape index (κ3) is 4.25. The minimum absolute atomic E-state index is 0.108. The van der Waals surface area contributed by atoms with E-state index in [0.717, 1.165) is 21.4 Å². The molecule has 0 atom stereocenters. The Kier molecular flexibility index (Phi) is 5.22. The van der Waals surface area contributed by atoms with Crippen LogP contribution < -0.4 is 11.1 Å². The molecule has 4 rings (SSSR count). The highest BCUT2D eigenvalue weighted by Gasteiger charge is 2.12. The molecule has 0 saturated heterocycles. The van der Waals surface area contributed by atoms with Crippen LogP contribution in [0.25, 0.3) is 22.7 Å². The molecule has 6 nitrogen and oxygen atoms in total. The lowest BCUT2D eigenvalue weighted by Crippen LogP contribution is -2.13. The summed E-state index contributed by atoms with van der Waals surface area (Å²) in [6.45, 7) is 0. The third-order valence-corrected chi connectivity index (χ3v) is 5.29. The number of benzene rings is 1. The summed E-state index contributed by atoms with van der Waals surface area (Å²) in [6, 6.07) is 14.9. The minimum Gasteiger partial charge on any atom is -0.366 e. The second-order valence-electron chi connectivity index (χ2n) is 6.46. The van der Waals surface area contributed by atoms with Crippen molar-refractivity contribution in [1.29, 1.82) is 0 Å². The van der Waals surface area contributed by atoms with Gasteiger partial charge in [-0.05, 0) is 29.2 Å². The molecule has 0 aliphatic rings. The highest BCUT2D eigenvalue weighted by molar-refractivity contribution is 7.10. The van der Waals surface area contributed by atoms with Crippen LogP contribution in [0.5, 0.6) is 0 Å². The normalized spacial score (nSPS) is 11.5. The van der Waals surface area contributed by atoms with Gasteiger partial charge in [0.05, 0.1) is 18.3 Å². The number of hydrogen-bond acceptors (Lipinski definition) is 4. The molecule has 3 heterocycles. The van der Waals surface area contributed by atoms with Gasteiger partial charge >= 0.3 is 0 Å². The lowest BCUT2D eigenvalue weighted by molar-refractivity contribution is -0.115. The van der Waals surface area contributed by atoms with Gasteiger partial charge in [-0.15, -0.1) is 11.3 Å².